The third-order valence-electron chi connectivity index (χ3n) is 3.51. The fourth-order valence-corrected chi connectivity index (χ4v) is 2.41. The van der Waals surface area contributed by atoms with E-state index in [0.29, 0.717) is 19.6 Å². The van der Waals surface area contributed by atoms with Gasteiger partial charge in [0.15, 0.2) is 5.78 Å². The number of ether oxygens (including phenoxy) is 2. The maximum atomic E-state index is 11.4. The van der Waals surface area contributed by atoms with Gasteiger partial charge in [-0.3, -0.25) is 19.8 Å². The van der Waals surface area contributed by atoms with Crippen molar-refractivity contribution in [3.63, 3.8) is 0 Å². The topological polar surface area (TPSA) is 99.0 Å². The monoisotopic (exact) mass is 338 g/mol. The fourth-order valence-electron chi connectivity index (χ4n) is 2.41. The lowest BCUT2D eigenvalue weighted by Gasteiger charge is -2.20. The number of likely N-dealkylation sites (tertiary alicyclic amines) is 1. The predicted octanol–water partition coefficient (Wildman–Crippen LogP) is 2.42. The van der Waals surface area contributed by atoms with Gasteiger partial charge in [-0.15, -0.1) is 0 Å². The molecule has 132 valence electrons. The number of Topliss-reactive ketones (excluding diaryl/α,β-unsaturated/α-hetero) is 1. The average Bonchev–Trinajstić information content (AvgIpc) is 3.00. The van der Waals surface area contributed by atoms with Gasteiger partial charge in [-0.05, 0) is 13.8 Å². The van der Waals surface area contributed by atoms with Gasteiger partial charge in [0, 0.05) is 25.2 Å². The average molecular weight is 338 g/mol. The van der Waals surface area contributed by atoms with Crippen molar-refractivity contribution in [2.24, 2.45) is 0 Å². The third kappa shape index (κ3) is 5.62. The van der Waals surface area contributed by atoms with Gasteiger partial charge in [0.2, 0.25) is 0 Å². The molecule has 2 unspecified atom stereocenters. The molecule has 1 saturated heterocycles. The number of carbonyl (C=O) groups is 2. The molecule has 1 aromatic rings. The molecular weight excluding hydrogens is 316 g/mol. The Morgan fingerprint density at radius 1 is 1.33 bits per heavy atom. The Balaban J connectivity index is 0.000000272. The molecule has 0 aliphatic carbocycles. The highest BCUT2D eigenvalue weighted by Gasteiger charge is 2.38. The van der Waals surface area contributed by atoms with Gasteiger partial charge in [-0.2, -0.15) is 0 Å². The summed E-state index contributed by atoms with van der Waals surface area (Å²) in [5, 5.41) is 10.0. The molecular formula is C16H22N2O6. The summed E-state index contributed by atoms with van der Waals surface area (Å²) >= 11 is 0. The van der Waals surface area contributed by atoms with E-state index < -0.39 is 17.1 Å². The fraction of sp³-hybridized carbons (Fsp3) is 0.500. The van der Waals surface area contributed by atoms with Crippen LogP contribution in [0.25, 0.3) is 0 Å². The first-order valence-corrected chi connectivity index (χ1v) is 7.56. The number of nitrogens with zero attached hydrogens (tertiary/aromatic N) is 2. The molecule has 1 heterocycles. The maximum Gasteiger partial charge on any atom is 0.410 e. The molecule has 1 fully saturated rings. The summed E-state index contributed by atoms with van der Waals surface area (Å²) in [5.41, 5.74) is 0.137. The van der Waals surface area contributed by atoms with Gasteiger partial charge in [0.05, 0.1) is 30.7 Å². The number of para-hydroxylation sites is 1. The SMILES string of the molecule is CCOC1CC(C(C)=O)N(C(=O)OC)C1.O=[N+]([O-])c1ccccc1. The van der Waals surface area contributed by atoms with Crippen molar-refractivity contribution in [2.75, 3.05) is 20.3 Å². The molecule has 24 heavy (non-hydrogen) atoms. The molecule has 1 aromatic carbocycles. The Morgan fingerprint density at radius 3 is 2.38 bits per heavy atom. The quantitative estimate of drug-likeness (QED) is 0.617. The Kier molecular flexibility index (Phi) is 7.84. The van der Waals surface area contributed by atoms with E-state index in [-0.39, 0.29) is 17.6 Å². The lowest BCUT2D eigenvalue weighted by atomic mass is 10.1. The zero-order chi connectivity index (χ0) is 18.1. The predicted molar refractivity (Wildman–Crippen MR) is 86.7 cm³/mol. The van der Waals surface area contributed by atoms with Crippen LogP contribution in [0.2, 0.25) is 0 Å². The van der Waals surface area contributed by atoms with E-state index in [4.69, 9.17) is 4.74 Å². The van der Waals surface area contributed by atoms with Gasteiger partial charge < -0.3 is 9.47 Å². The minimum atomic E-state index is -0.461. The minimum absolute atomic E-state index is 0.0254. The second-order valence-electron chi connectivity index (χ2n) is 5.15. The largest absolute Gasteiger partial charge is 0.453 e. The molecule has 0 saturated carbocycles. The Hall–Kier alpha value is -2.48. The number of rotatable bonds is 4. The summed E-state index contributed by atoms with van der Waals surface area (Å²) in [6.45, 7) is 4.40. The van der Waals surface area contributed by atoms with E-state index in [9.17, 15) is 19.7 Å². The molecule has 1 aliphatic rings. The Bertz CT molecular complexity index is 563. The molecule has 0 N–H and O–H groups in total. The molecule has 2 rings (SSSR count). The molecule has 1 amide bonds. The number of nitro groups is 1. The maximum absolute atomic E-state index is 11.4. The summed E-state index contributed by atoms with van der Waals surface area (Å²) in [6.07, 6.45) is 0.0542. The van der Waals surface area contributed by atoms with E-state index in [1.165, 1.54) is 31.1 Å². The number of non-ortho nitro benzene ring substituents is 1. The van der Waals surface area contributed by atoms with Gasteiger partial charge in [-0.1, -0.05) is 18.2 Å². The molecule has 0 bridgehead atoms. The highest BCUT2D eigenvalue weighted by atomic mass is 16.6. The molecule has 0 aromatic heterocycles. The zero-order valence-corrected chi connectivity index (χ0v) is 14.0. The first kappa shape index (κ1) is 19.6. The van der Waals surface area contributed by atoms with Crippen LogP contribution in [0.3, 0.4) is 0 Å². The lowest BCUT2D eigenvalue weighted by molar-refractivity contribution is -0.384. The van der Waals surface area contributed by atoms with Gasteiger partial charge in [0.1, 0.15) is 0 Å². The standard InChI is InChI=1S/C10H17NO4.C6H5NO2/c1-4-15-8-5-9(7(2)12)11(6-8)10(13)14-3;8-7(9)6-4-2-1-3-5-6/h8-9H,4-6H2,1-3H3;1-5H. The molecule has 8 nitrogen and oxygen atoms in total. The number of carbonyl (C=O) groups excluding carboxylic acids is 2. The first-order valence-electron chi connectivity index (χ1n) is 7.56. The number of amides is 1. The summed E-state index contributed by atoms with van der Waals surface area (Å²) in [4.78, 5) is 33.7. The molecule has 1 aliphatic heterocycles. The second kappa shape index (κ2) is 9.61. The molecule has 8 heteroatoms. The number of hydrogen-bond acceptors (Lipinski definition) is 6. The summed E-state index contributed by atoms with van der Waals surface area (Å²) in [7, 11) is 1.31. The lowest BCUT2D eigenvalue weighted by Crippen LogP contribution is -2.39. The van der Waals surface area contributed by atoms with Crippen molar-refractivity contribution in [2.45, 2.75) is 32.4 Å². The summed E-state index contributed by atoms with van der Waals surface area (Å²) in [6, 6.07) is 7.54. The third-order valence-corrected chi connectivity index (χ3v) is 3.51. The number of hydrogen-bond donors (Lipinski definition) is 0. The first-order chi connectivity index (χ1) is 11.4. The van der Waals surface area contributed by atoms with E-state index in [0.717, 1.165) is 0 Å². The van der Waals surface area contributed by atoms with Crippen molar-refractivity contribution < 1.29 is 24.0 Å². The highest BCUT2D eigenvalue weighted by Crippen LogP contribution is 2.21. The molecule has 0 spiro atoms. The van der Waals surface area contributed by atoms with Crippen LogP contribution in [-0.2, 0) is 14.3 Å². The Labute approximate surface area is 140 Å². The zero-order valence-electron chi connectivity index (χ0n) is 14.0. The van der Waals surface area contributed by atoms with Crippen LogP contribution in [0.1, 0.15) is 20.3 Å². The van der Waals surface area contributed by atoms with E-state index in [2.05, 4.69) is 4.74 Å². The van der Waals surface area contributed by atoms with E-state index in [1.54, 1.807) is 18.2 Å². The van der Waals surface area contributed by atoms with E-state index in [1.807, 2.05) is 6.92 Å². The smallest absolute Gasteiger partial charge is 0.410 e. The van der Waals surface area contributed by atoms with Gasteiger partial charge in [-0.25, -0.2) is 4.79 Å². The minimum Gasteiger partial charge on any atom is -0.453 e. The summed E-state index contributed by atoms with van der Waals surface area (Å²) < 4.78 is 10.0. The normalized spacial score (nSPS) is 19.2. The van der Waals surface area contributed by atoms with Gasteiger partial charge in [0.25, 0.3) is 5.69 Å². The van der Waals surface area contributed by atoms with Crippen molar-refractivity contribution in [1.29, 1.82) is 0 Å². The van der Waals surface area contributed by atoms with Crippen LogP contribution in [-0.4, -0.2) is 54.1 Å². The van der Waals surface area contributed by atoms with E-state index >= 15 is 0 Å². The van der Waals surface area contributed by atoms with Crippen LogP contribution < -0.4 is 0 Å². The summed E-state index contributed by atoms with van der Waals surface area (Å²) in [5.74, 6) is -0.0254. The number of nitro benzene ring substituents is 1. The van der Waals surface area contributed by atoms with Crippen LogP contribution >= 0.6 is 0 Å². The molecule has 0 radical (unpaired) electrons. The van der Waals surface area contributed by atoms with Crippen LogP contribution in [0.5, 0.6) is 0 Å². The van der Waals surface area contributed by atoms with Crippen molar-refractivity contribution in [3.05, 3.63) is 40.4 Å². The second-order valence-corrected chi connectivity index (χ2v) is 5.15. The van der Waals surface area contributed by atoms with Crippen molar-refractivity contribution >= 4 is 17.6 Å². The number of benzene rings is 1. The number of methoxy groups -OCH3 is 1. The van der Waals surface area contributed by atoms with Crippen molar-refractivity contribution in [1.82, 2.24) is 4.90 Å². The highest BCUT2D eigenvalue weighted by molar-refractivity contribution is 5.86. The van der Waals surface area contributed by atoms with Crippen molar-refractivity contribution in [3.8, 4) is 0 Å². The molecule has 2 atom stereocenters. The number of ketones is 1. The van der Waals surface area contributed by atoms with Crippen LogP contribution in [0.15, 0.2) is 30.3 Å². The van der Waals surface area contributed by atoms with Crippen LogP contribution in [0.4, 0.5) is 10.5 Å². The Morgan fingerprint density at radius 2 is 1.96 bits per heavy atom. The van der Waals surface area contributed by atoms with Crippen LogP contribution in [0, 0.1) is 10.1 Å². The van der Waals surface area contributed by atoms with Gasteiger partial charge >= 0.3 is 6.09 Å².